The predicted octanol–water partition coefficient (Wildman–Crippen LogP) is 2.62. The summed E-state index contributed by atoms with van der Waals surface area (Å²) in [6.07, 6.45) is 1.55. The largest absolute Gasteiger partial charge is 0.489 e. The third-order valence-electron chi connectivity index (χ3n) is 10.5. The highest BCUT2D eigenvalue weighted by atomic mass is 32.2. The number of nitro groups is 1. The average molecular weight is 797 g/mol. The van der Waals surface area contributed by atoms with E-state index in [1.54, 1.807) is 37.1 Å². The number of nitrogens with one attached hydrogen (secondary N) is 2. The minimum Gasteiger partial charge on any atom is -0.489 e. The summed E-state index contributed by atoms with van der Waals surface area (Å²) in [4.78, 5) is 35.7. The van der Waals surface area contributed by atoms with Gasteiger partial charge in [-0.25, -0.2) is 16.8 Å². The fraction of sp³-hybridized carbons (Fsp3) is 0.429. The Bertz CT molecular complexity index is 2410. The van der Waals surface area contributed by atoms with Crippen LogP contribution in [-0.2, 0) is 24.6 Å². The summed E-state index contributed by atoms with van der Waals surface area (Å²) in [6, 6.07) is 9.12. The normalized spacial score (nSPS) is 21.9. The highest BCUT2D eigenvalue weighted by Gasteiger charge is 2.44. The third kappa shape index (κ3) is 6.50. The Morgan fingerprint density at radius 1 is 1.09 bits per heavy atom. The molecule has 2 aromatic carbocycles. The van der Waals surface area contributed by atoms with Gasteiger partial charge in [0, 0.05) is 63.0 Å². The first-order valence-electron chi connectivity index (χ1n) is 17.9. The van der Waals surface area contributed by atoms with E-state index < -0.39 is 64.7 Å². The molecule has 20 heteroatoms. The summed E-state index contributed by atoms with van der Waals surface area (Å²) in [5, 5.41) is 15.9. The summed E-state index contributed by atoms with van der Waals surface area (Å²) in [5.41, 5.74) is 6.31. The Labute approximate surface area is 316 Å². The van der Waals surface area contributed by atoms with E-state index in [1.807, 2.05) is 0 Å². The lowest BCUT2D eigenvalue weighted by atomic mass is 9.98. The van der Waals surface area contributed by atoms with Crippen molar-refractivity contribution in [2.75, 3.05) is 62.8 Å². The Kier molecular flexibility index (Phi) is 9.35. The van der Waals surface area contributed by atoms with Crippen molar-refractivity contribution in [1.82, 2.24) is 19.2 Å². The Balaban J connectivity index is 1.15. The number of aromatic nitrogens is 2. The molecule has 4 aliphatic rings. The number of piperazine rings is 1. The molecule has 0 radical (unpaired) electrons. The van der Waals surface area contributed by atoms with Crippen LogP contribution in [0.25, 0.3) is 11.0 Å². The van der Waals surface area contributed by atoms with Crippen LogP contribution in [0.5, 0.6) is 11.6 Å². The molecular weight excluding hydrogens is 757 g/mol. The maximum Gasteiger partial charge on any atom is 0.297 e. The Morgan fingerprint density at radius 3 is 2.60 bits per heavy atom. The summed E-state index contributed by atoms with van der Waals surface area (Å²) < 4.78 is 74.4. The number of nitrogens with two attached hydrogens (primary N) is 1. The molecule has 8 rings (SSSR count). The van der Waals surface area contributed by atoms with Crippen molar-refractivity contribution in [2.24, 2.45) is 5.73 Å². The molecule has 2 fully saturated rings. The molecule has 18 nitrogen and oxygen atoms in total. The molecular formula is C35H40N8O10S2. The molecule has 4 aliphatic heterocycles. The molecule has 0 spiro atoms. The quantitative estimate of drug-likeness (QED) is 0.163. The van der Waals surface area contributed by atoms with Crippen LogP contribution in [0.4, 0.5) is 22.7 Å². The average Bonchev–Trinajstić information content (AvgIpc) is 3.62. The van der Waals surface area contributed by atoms with E-state index in [1.165, 1.54) is 28.6 Å². The number of sulfone groups is 1. The van der Waals surface area contributed by atoms with E-state index in [0.29, 0.717) is 62.5 Å². The van der Waals surface area contributed by atoms with Crippen LogP contribution < -0.4 is 25.4 Å². The predicted molar refractivity (Wildman–Crippen MR) is 200 cm³/mol. The second-order valence-corrected chi connectivity index (χ2v) is 18.6. The minimum atomic E-state index is -4.62. The number of hydrogen-bond donors (Lipinski definition) is 3. The number of nitro benzene ring substituents is 1. The zero-order valence-corrected chi connectivity index (χ0v) is 31.6. The number of carbonyl (C=O) groups excluding carboxylic acids is 1. The zero-order chi connectivity index (χ0) is 38.8. The van der Waals surface area contributed by atoms with Gasteiger partial charge in [-0.05, 0) is 44.5 Å². The molecule has 4 N–H and O–H groups in total. The molecule has 0 bridgehead atoms. The van der Waals surface area contributed by atoms with E-state index in [4.69, 9.17) is 19.9 Å². The van der Waals surface area contributed by atoms with Crippen LogP contribution in [-0.4, -0.2) is 123 Å². The van der Waals surface area contributed by atoms with Crippen molar-refractivity contribution >= 4 is 59.6 Å². The number of ether oxygens (including phenoxy) is 3. The molecule has 0 saturated carbocycles. The SMILES string of the molecule is CC(C)S(=O)(=O)N1CCN(C[C@H]2COc3cc(S(=O)(=O)c4cccc(C(N)=O)c4N4c5cc6cc[nH]c6nc5O[C@H]5COCC[C@@H]54)cc([N+](=O)[O-])c3N2)CC1. The van der Waals surface area contributed by atoms with Crippen molar-refractivity contribution in [3.63, 3.8) is 0 Å². The molecule has 292 valence electrons. The lowest BCUT2D eigenvalue weighted by molar-refractivity contribution is -0.384. The van der Waals surface area contributed by atoms with Crippen LogP contribution in [0.15, 0.2) is 58.5 Å². The summed E-state index contributed by atoms with van der Waals surface area (Å²) in [6.45, 7) is 5.88. The second-order valence-electron chi connectivity index (χ2n) is 14.2. The number of nitrogens with zero attached hydrogens (tertiary/aromatic N) is 5. The Morgan fingerprint density at radius 2 is 1.87 bits per heavy atom. The monoisotopic (exact) mass is 796 g/mol. The van der Waals surface area contributed by atoms with Gasteiger partial charge in [0.15, 0.2) is 11.4 Å². The van der Waals surface area contributed by atoms with Gasteiger partial charge in [-0.15, -0.1) is 0 Å². The lowest BCUT2D eigenvalue weighted by Gasteiger charge is -2.45. The summed E-state index contributed by atoms with van der Waals surface area (Å²) in [5.74, 6) is -0.702. The molecule has 0 unspecified atom stereocenters. The van der Waals surface area contributed by atoms with Crippen LogP contribution in [0, 0.1) is 10.1 Å². The molecule has 0 aliphatic carbocycles. The third-order valence-corrected chi connectivity index (χ3v) is 14.6. The summed E-state index contributed by atoms with van der Waals surface area (Å²) >= 11 is 0. The van der Waals surface area contributed by atoms with E-state index in [-0.39, 0.29) is 46.7 Å². The number of pyridine rings is 1. The minimum absolute atomic E-state index is 0.00564. The highest BCUT2D eigenvalue weighted by Crippen LogP contribution is 2.48. The standard InChI is InChI=1S/C35H40N8O10S2/c1-20(2)55(49,50)41-11-9-40(10-12-41)17-22-18-52-28-16-23(15-26(43(45)46)31(28)38-22)54(47,48)30-5-3-4-24(33(36)44)32(30)42-25-7-13-51-19-29(25)53-35-27(42)14-21-6-8-37-34(21)39-35/h3-6,8,14-16,20,22,25,29,38H,7,9-13,17-19H2,1-2H3,(H2,36,44)(H,37,39)/t22-,25-,29-/m0/s1. The first-order valence-corrected chi connectivity index (χ1v) is 20.9. The van der Waals surface area contributed by atoms with Crippen molar-refractivity contribution in [3.8, 4) is 11.6 Å². The van der Waals surface area contributed by atoms with E-state index in [9.17, 15) is 31.7 Å². The van der Waals surface area contributed by atoms with Gasteiger partial charge < -0.3 is 35.1 Å². The van der Waals surface area contributed by atoms with Gasteiger partial charge in [-0.2, -0.15) is 9.29 Å². The molecule has 55 heavy (non-hydrogen) atoms. The molecule has 3 atom stereocenters. The lowest BCUT2D eigenvalue weighted by Crippen LogP contribution is -2.53. The first kappa shape index (κ1) is 36.9. The second kappa shape index (κ2) is 13.9. The van der Waals surface area contributed by atoms with Gasteiger partial charge in [0.2, 0.25) is 25.7 Å². The molecule has 4 aromatic rings. The number of primary amides is 1. The van der Waals surface area contributed by atoms with E-state index >= 15 is 0 Å². The van der Waals surface area contributed by atoms with Gasteiger partial charge in [0.05, 0.1) is 49.9 Å². The highest BCUT2D eigenvalue weighted by molar-refractivity contribution is 7.91. The van der Waals surface area contributed by atoms with E-state index in [2.05, 4.69) is 20.2 Å². The van der Waals surface area contributed by atoms with Crippen molar-refractivity contribution in [3.05, 3.63) is 64.3 Å². The number of benzene rings is 2. The molecule has 2 saturated heterocycles. The first-order chi connectivity index (χ1) is 26.2. The number of aromatic amines is 1. The topological polar surface area (TPSA) is 233 Å². The fourth-order valence-corrected chi connectivity index (χ4v) is 10.5. The Hall–Kier alpha value is -5.02. The van der Waals surface area contributed by atoms with Gasteiger partial charge in [0.1, 0.15) is 24.0 Å². The fourth-order valence-electron chi connectivity index (χ4n) is 7.69. The molecule has 1 amide bonds. The number of fused-ring (bicyclic) bond motifs is 4. The smallest absolute Gasteiger partial charge is 0.297 e. The number of hydrogen-bond acceptors (Lipinski definition) is 14. The van der Waals surface area contributed by atoms with Crippen LogP contribution in [0.1, 0.15) is 30.6 Å². The van der Waals surface area contributed by atoms with Crippen LogP contribution >= 0.6 is 0 Å². The van der Waals surface area contributed by atoms with Crippen molar-refractivity contribution < 1.29 is 40.8 Å². The number of para-hydroxylation sites is 1. The number of rotatable bonds is 9. The zero-order valence-electron chi connectivity index (χ0n) is 30.0. The van der Waals surface area contributed by atoms with Crippen molar-refractivity contribution in [1.29, 1.82) is 0 Å². The maximum absolute atomic E-state index is 14.8. The molecule has 6 heterocycles. The number of sulfonamides is 1. The summed E-state index contributed by atoms with van der Waals surface area (Å²) in [7, 11) is -8.00. The van der Waals surface area contributed by atoms with Gasteiger partial charge >= 0.3 is 0 Å². The van der Waals surface area contributed by atoms with Crippen LogP contribution in [0.2, 0.25) is 0 Å². The van der Waals surface area contributed by atoms with Gasteiger partial charge in [-0.3, -0.25) is 19.8 Å². The van der Waals surface area contributed by atoms with Gasteiger partial charge in [0.25, 0.3) is 11.6 Å². The number of H-pyrrole nitrogens is 1. The van der Waals surface area contributed by atoms with E-state index in [0.717, 1.165) is 6.07 Å². The van der Waals surface area contributed by atoms with Crippen molar-refractivity contribution in [2.45, 2.75) is 53.5 Å². The number of amides is 1. The number of anilines is 3. The van der Waals surface area contributed by atoms with Crippen LogP contribution in [0.3, 0.4) is 0 Å². The molecule has 2 aromatic heterocycles. The number of carbonyl (C=O) groups is 1. The maximum atomic E-state index is 14.8. The van der Waals surface area contributed by atoms with Gasteiger partial charge in [-0.1, -0.05) is 6.07 Å².